The molecular weight excluding hydrogens is 629 g/mol. The van der Waals surface area contributed by atoms with Gasteiger partial charge < -0.3 is 32.2 Å². The number of benzene rings is 1. The van der Waals surface area contributed by atoms with Crippen molar-refractivity contribution >= 4 is 22.7 Å². The van der Waals surface area contributed by atoms with E-state index >= 15 is 0 Å². The lowest BCUT2D eigenvalue weighted by molar-refractivity contribution is -0.148. The van der Waals surface area contributed by atoms with Crippen molar-refractivity contribution in [1.82, 2.24) is 0 Å². The molecule has 262 valence electrons. The summed E-state index contributed by atoms with van der Waals surface area (Å²) in [6, 6.07) is 9.95. The van der Waals surface area contributed by atoms with Gasteiger partial charge in [0.15, 0.2) is 12.0 Å². The highest BCUT2D eigenvalue weighted by molar-refractivity contribution is 6.77. The van der Waals surface area contributed by atoms with E-state index in [9.17, 15) is 4.79 Å². The molecule has 8 nitrogen and oxygen atoms in total. The summed E-state index contributed by atoms with van der Waals surface area (Å²) in [7, 11) is -5.25. The molecule has 2 bridgehead atoms. The van der Waals surface area contributed by atoms with Crippen molar-refractivity contribution in [1.29, 1.82) is 0 Å². The second-order valence-corrected chi connectivity index (χ2v) is 26.8. The first kappa shape index (κ1) is 36.6. The van der Waals surface area contributed by atoms with Crippen LogP contribution < -0.4 is 0 Å². The van der Waals surface area contributed by atoms with Gasteiger partial charge in [0.1, 0.15) is 24.4 Å². The third-order valence-electron chi connectivity index (χ3n) is 10.5. The van der Waals surface area contributed by atoms with Crippen LogP contribution in [0.15, 0.2) is 53.8 Å². The van der Waals surface area contributed by atoms with Crippen molar-refractivity contribution in [2.24, 2.45) is 0 Å². The molecule has 4 aliphatic rings. The third-order valence-corrected chi connectivity index (χ3v) is 21.7. The van der Waals surface area contributed by atoms with Crippen LogP contribution in [-0.4, -0.2) is 72.7 Å². The Morgan fingerprint density at radius 1 is 0.894 bits per heavy atom. The maximum atomic E-state index is 14.4. The van der Waals surface area contributed by atoms with Gasteiger partial charge in [-0.25, -0.2) is 0 Å². The normalized spacial score (nSPS) is 29.4. The zero-order chi connectivity index (χ0) is 34.5. The molecule has 0 spiro atoms. The first-order chi connectivity index (χ1) is 21.9. The lowest BCUT2D eigenvalue weighted by Gasteiger charge is -2.57. The number of carbonyl (C=O) groups is 1. The van der Waals surface area contributed by atoms with Gasteiger partial charge in [-0.3, -0.25) is 4.79 Å². The van der Waals surface area contributed by atoms with E-state index in [-0.39, 0.29) is 28.2 Å². The molecule has 6 atom stereocenters. The molecule has 1 aromatic rings. The Morgan fingerprint density at radius 3 is 2.09 bits per heavy atom. The highest BCUT2D eigenvalue weighted by atomic mass is 28.4. The van der Waals surface area contributed by atoms with Crippen molar-refractivity contribution in [3.63, 3.8) is 0 Å². The van der Waals surface area contributed by atoms with Crippen LogP contribution >= 0.6 is 0 Å². The topological polar surface area (TPSA) is 81.7 Å². The molecule has 0 N–H and O–H groups in total. The molecule has 2 fully saturated rings. The van der Waals surface area contributed by atoms with Crippen molar-refractivity contribution in [2.45, 2.75) is 153 Å². The predicted octanol–water partition coefficient (Wildman–Crippen LogP) is 8.12. The lowest BCUT2D eigenvalue weighted by atomic mass is 9.96. The van der Waals surface area contributed by atoms with Gasteiger partial charge in [0, 0.05) is 15.6 Å². The van der Waals surface area contributed by atoms with Gasteiger partial charge in [0.05, 0.1) is 25.9 Å². The summed E-state index contributed by atoms with van der Waals surface area (Å²) in [6.45, 7) is 28.0. The minimum absolute atomic E-state index is 0.207. The van der Waals surface area contributed by atoms with Crippen LogP contribution in [0.3, 0.4) is 0 Å². The fourth-order valence-corrected chi connectivity index (χ4v) is 19.0. The van der Waals surface area contributed by atoms with Crippen molar-refractivity contribution in [2.75, 3.05) is 13.2 Å². The number of fused-ring (bicyclic) bond motifs is 3. The van der Waals surface area contributed by atoms with Crippen LogP contribution in [0, 0.1) is 0 Å². The SMILES string of the molecule is CC(C)[Si](O[C@@H]1C=C(C(=O)C2=C[C@@H](OCc3ccccc3)[C@@H]3OC[C@H]2O3)O[C@@H]2CO[Si](C(C)(C)C)(C(C)(C)C)O[C@@H]12)(C(C)C)C(C)C. The third kappa shape index (κ3) is 6.78. The molecule has 10 heteroatoms. The van der Waals surface area contributed by atoms with E-state index in [1.54, 1.807) is 0 Å². The van der Waals surface area contributed by atoms with Gasteiger partial charge in [-0.1, -0.05) is 113 Å². The average molecular weight is 687 g/mol. The number of rotatable bonds is 10. The maximum Gasteiger partial charge on any atom is 0.349 e. The van der Waals surface area contributed by atoms with Crippen molar-refractivity contribution in [3.8, 4) is 0 Å². The number of Topliss-reactive ketones (excluding diaryl/α,β-unsaturated/α-hetero) is 1. The molecular formula is C37H58O8Si2. The van der Waals surface area contributed by atoms with Gasteiger partial charge in [0.25, 0.3) is 0 Å². The van der Waals surface area contributed by atoms with Crippen LogP contribution in [0.4, 0.5) is 0 Å². The summed E-state index contributed by atoms with van der Waals surface area (Å²) >= 11 is 0. The summed E-state index contributed by atoms with van der Waals surface area (Å²) < 4.78 is 46.4. The second-order valence-electron chi connectivity index (χ2n) is 16.6. The number of hydrogen-bond acceptors (Lipinski definition) is 8. The van der Waals surface area contributed by atoms with Crippen LogP contribution in [0.1, 0.15) is 88.6 Å². The molecule has 4 aliphatic heterocycles. The number of ketones is 1. The van der Waals surface area contributed by atoms with Gasteiger partial charge in [-0.15, -0.1) is 0 Å². The first-order valence-electron chi connectivity index (χ1n) is 17.5. The van der Waals surface area contributed by atoms with E-state index in [2.05, 4.69) is 83.1 Å². The quantitative estimate of drug-likeness (QED) is 0.228. The molecule has 4 heterocycles. The molecule has 1 aromatic carbocycles. The van der Waals surface area contributed by atoms with E-state index < -0.39 is 53.7 Å². The van der Waals surface area contributed by atoms with Crippen LogP contribution in [0.2, 0.25) is 26.7 Å². The van der Waals surface area contributed by atoms with Gasteiger partial charge in [-0.05, 0) is 34.3 Å². The van der Waals surface area contributed by atoms with Crippen molar-refractivity contribution in [3.05, 3.63) is 59.4 Å². The molecule has 0 unspecified atom stereocenters. The Bertz CT molecular complexity index is 1290. The standard InChI is InChI=1S/C37H58O8Si2/c1-23(2)46(24(3)4,25(5)6)44-29-19-28(42-32-22-41-47(36(7,8)9,37(10,11)12)45-34(29)32)33(38)27-18-30(35-40-21-31(27)43-35)39-20-26-16-14-13-15-17-26/h13-19,23-25,29-32,34-35H,20-22H2,1-12H3/t29-,30-,31-,32-,34+,35-/m1/s1. The molecule has 0 aromatic heterocycles. The number of ether oxygens (including phenoxy) is 4. The Labute approximate surface area is 284 Å². The van der Waals surface area contributed by atoms with Gasteiger partial charge in [0.2, 0.25) is 14.1 Å². The average Bonchev–Trinajstić information content (AvgIpc) is 3.41. The molecule has 5 rings (SSSR count). The van der Waals surface area contributed by atoms with Crippen molar-refractivity contribution < 1.29 is 37.0 Å². The summed E-state index contributed by atoms with van der Waals surface area (Å²) in [6.07, 6.45) is 0.856. The molecule has 0 saturated carbocycles. The first-order valence-corrected chi connectivity index (χ1v) is 21.4. The van der Waals surface area contributed by atoms with Gasteiger partial charge >= 0.3 is 8.56 Å². The summed E-state index contributed by atoms with van der Waals surface area (Å²) in [5.41, 5.74) is 2.59. The number of allylic oxidation sites excluding steroid dienone is 1. The fraction of sp³-hybridized carbons (Fsp3) is 0.703. The van der Waals surface area contributed by atoms with E-state index in [1.807, 2.05) is 42.5 Å². The minimum atomic E-state index is -2.86. The number of hydrogen-bond donors (Lipinski definition) is 0. The van der Waals surface area contributed by atoms with Crippen LogP contribution in [-0.2, 0) is 43.6 Å². The minimum Gasteiger partial charge on any atom is -0.481 e. The molecule has 0 aliphatic carbocycles. The van der Waals surface area contributed by atoms with E-state index in [0.29, 0.717) is 35.4 Å². The summed E-state index contributed by atoms with van der Waals surface area (Å²) in [5, 5.41) is -0.414. The molecule has 0 amide bonds. The monoisotopic (exact) mass is 686 g/mol. The maximum absolute atomic E-state index is 14.4. The Kier molecular flexibility index (Phi) is 10.6. The Morgan fingerprint density at radius 2 is 1.51 bits per heavy atom. The lowest BCUT2D eigenvalue weighted by Crippen LogP contribution is -2.68. The molecule has 0 radical (unpaired) electrons. The van der Waals surface area contributed by atoms with Crippen LogP contribution in [0.5, 0.6) is 0 Å². The zero-order valence-electron chi connectivity index (χ0n) is 30.6. The van der Waals surface area contributed by atoms with Crippen LogP contribution in [0.25, 0.3) is 0 Å². The smallest absolute Gasteiger partial charge is 0.349 e. The highest BCUT2D eigenvalue weighted by Crippen LogP contribution is 2.56. The van der Waals surface area contributed by atoms with E-state index in [0.717, 1.165) is 5.56 Å². The Hall–Kier alpha value is -1.64. The summed E-state index contributed by atoms with van der Waals surface area (Å²) in [4.78, 5) is 14.4. The van der Waals surface area contributed by atoms with E-state index in [1.165, 1.54) is 0 Å². The van der Waals surface area contributed by atoms with Gasteiger partial charge in [-0.2, -0.15) is 0 Å². The zero-order valence-corrected chi connectivity index (χ0v) is 32.6. The molecule has 2 saturated heterocycles. The second kappa shape index (κ2) is 13.6. The number of carbonyl (C=O) groups excluding carboxylic acids is 1. The molecule has 47 heavy (non-hydrogen) atoms. The fourth-order valence-electron chi connectivity index (χ4n) is 8.59. The Balaban J connectivity index is 1.52. The largest absolute Gasteiger partial charge is 0.481 e. The predicted molar refractivity (Wildman–Crippen MR) is 188 cm³/mol. The van der Waals surface area contributed by atoms with E-state index in [4.69, 9.17) is 32.2 Å². The summed E-state index contributed by atoms with van der Waals surface area (Å²) in [5.74, 6) is 0.0243. The highest BCUT2D eigenvalue weighted by Gasteiger charge is 2.64.